The molecule has 0 saturated heterocycles. The summed E-state index contributed by atoms with van der Waals surface area (Å²) in [5.74, 6) is -0.0385. The molecule has 0 heterocycles. The smallest absolute Gasteiger partial charge is 0.224 e. The number of benzene rings is 1. The molecule has 0 bridgehead atoms. The average molecular weight is 360 g/mol. The fraction of sp³-hybridized carbons (Fsp3) is 0.619. The molecule has 144 valence electrons. The van der Waals surface area contributed by atoms with Gasteiger partial charge in [0.05, 0.1) is 6.42 Å². The van der Waals surface area contributed by atoms with Crippen molar-refractivity contribution in [3.8, 4) is 0 Å². The molecule has 0 radical (unpaired) electrons. The van der Waals surface area contributed by atoms with Gasteiger partial charge >= 0.3 is 0 Å². The number of carbonyl (C=O) groups excluding carboxylic acids is 2. The highest BCUT2D eigenvalue weighted by atomic mass is 16.2. The molecule has 0 unspecified atom stereocenters. The lowest BCUT2D eigenvalue weighted by molar-refractivity contribution is -0.122. The molecule has 2 rings (SSSR count). The van der Waals surface area contributed by atoms with Gasteiger partial charge in [0.25, 0.3) is 0 Å². The van der Waals surface area contributed by atoms with E-state index < -0.39 is 0 Å². The molecule has 1 aromatic rings. The zero-order chi connectivity index (χ0) is 18.6. The summed E-state index contributed by atoms with van der Waals surface area (Å²) in [6.07, 6.45) is 8.36. The Morgan fingerprint density at radius 2 is 1.69 bits per heavy atom. The maximum atomic E-state index is 11.9. The summed E-state index contributed by atoms with van der Waals surface area (Å²) in [6, 6.07) is 10.3. The van der Waals surface area contributed by atoms with Crippen LogP contribution in [-0.2, 0) is 16.0 Å². The van der Waals surface area contributed by atoms with Crippen molar-refractivity contribution in [1.82, 2.24) is 15.5 Å². The minimum Gasteiger partial charge on any atom is -0.356 e. The van der Waals surface area contributed by atoms with E-state index in [9.17, 15) is 9.59 Å². The monoisotopic (exact) mass is 359 g/mol. The van der Waals surface area contributed by atoms with Crippen molar-refractivity contribution in [3.63, 3.8) is 0 Å². The van der Waals surface area contributed by atoms with Crippen LogP contribution in [-0.4, -0.2) is 49.4 Å². The number of rotatable bonds is 10. The molecule has 1 aromatic carbocycles. The summed E-state index contributed by atoms with van der Waals surface area (Å²) in [6.45, 7) is 2.12. The lowest BCUT2D eigenvalue weighted by atomic mass is 9.94. The van der Waals surface area contributed by atoms with E-state index >= 15 is 0 Å². The van der Waals surface area contributed by atoms with Gasteiger partial charge in [0.15, 0.2) is 0 Å². The molecule has 1 aliphatic carbocycles. The van der Waals surface area contributed by atoms with Gasteiger partial charge in [0.2, 0.25) is 11.8 Å². The van der Waals surface area contributed by atoms with E-state index in [1.165, 1.54) is 32.1 Å². The Morgan fingerprint density at radius 1 is 1.00 bits per heavy atom. The quantitative estimate of drug-likeness (QED) is 0.631. The lowest BCUT2D eigenvalue weighted by Crippen LogP contribution is -2.36. The first-order chi connectivity index (χ1) is 12.6. The molecule has 26 heavy (non-hydrogen) atoms. The predicted octanol–water partition coefficient (Wildman–Crippen LogP) is 2.51. The number of nitrogens with zero attached hydrogens (tertiary/aromatic N) is 1. The van der Waals surface area contributed by atoms with Crippen molar-refractivity contribution in [2.24, 2.45) is 0 Å². The molecular weight excluding hydrogens is 326 g/mol. The Balaban J connectivity index is 1.49. The third kappa shape index (κ3) is 8.00. The van der Waals surface area contributed by atoms with Crippen LogP contribution in [0.1, 0.15) is 50.5 Å². The molecule has 5 heteroatoms. The highest BCUT2D eigenvalue weighted by Crippen LogP contribution is 2.21. The Morgan fingerprint density at radius 3 is 2.42 bits per heavy atom. The van der Waals surface area contributed by atoms with Crippen LogP contribution < -0.4 is 10.6 Å². The van der Waals surface area contributed by atoms with Gasteiger partial charge in [-0.2, -0.15) is 0 Å². The summed E-state index contributed by atoms with van der Waals surface area (Å²) >= 11 is 0. The van der Waals surface area contributed by atoms with E-state index in [2.05, 4.69) is 22.6 Å². The second kappa shape index (κ2) is 11.7. The van der Waals surface area contributed by atoms with Crippen LogP contribution in [0.2, 0.25) is 0 Å². The number of nitrogens with one attached hydrogen (secondary N) is 2. The van der Waals surface area contributed by atoms with Crippen molar-refractivity contribution in [1.29, 1.82) is 0 Å². The predicted molar refractivity (Wildman–Crippen MR) is 105 cm³/mol. The van der Waals surface area contributed by atoms with Gasteiger partial charge in [0.1, 0.15) is 0 Å². The summed E-state index contributed by atoms with van der Waals surface area (Å²) in [7, 11) is 2.19. The number of carbonyl (C=O) groups is 2. The molecule has 0 aliphatic heterocycles. The fourth-order valence-electron chi connectivity index (χ4n) is 3.51. The van der Waals surface area contributed by atoms with Crippen LogP contribution in [0.4, 0.5) is 0 Å². The van der Waals surface area contributed by atoms with Gasteiger partial charge in [-0.3, -0.25) is 9.59 Å². The molecule has 1 fully saturated rings. The maximum Gasteiger partial charge on any atom is 0.224 e. The number of hydrogen-bond donors (Lipinski definition) is 2. The van der Waals surface area contributed by atoms with Crippen LogP contribution in [0.25, 0.3) is 0 Å². The minimum absolute atomic E-state index is 0.00494. The molecule has 0 aromatic heterocycles. The highest BCUT2D eigenvalue weighted by Gasteiger charge is 2.17. The first-order valence-electron chi connectivity index (χ1n) is 9.92. The van der Waals surface area contributed by atoms with Gasteiger partial charge in [0, 0.05) is 25.6 Å². The van der Waals surface area contributed by atoms with Crippen molar-refractivity contribution in [2.75, 3.05) is 26.7 Å². The van der Waals surface area contributed by atoms with Crippen molar-refractivity contribution < 1.29 is 9.59 Å². The molecule has 1 aliphatic rings. The average Bonchev–Trinajstić information content (AvgIpc) is 2.66. The minimum atomic E-state index is -0.0434. The molecule has 1 saturated carbocycles. The van der Waals surface area contributed by atoms with Gasteiger partial charge in [-0.1, -0.05) is 49.6 Å². The standard InChI is InChI=1S/C21H33N3O2/c1-24(19-11-6-3-7-12-19)16-8-14-22-20(25)13-15-23-21(26)17-18-9-4-2-5-10-18/h2,4-5,9-10,19H,3,6-8,11-17H2,1H3,(H,22,25)(H,23,26). The Kier molecular flexibility index (Phi) is 9.18. The van der Waals surface area contributed by atoms with E-state index in [0.29, 0.717) is 25.9 Å². The second-order valence-corrected chi connectivity index (χ2v) is 7.24. The molecule has 0 atom stereocenters. The van der Waals surface area contributed by atoms with Gasteiger partial charge in [-0.15, -0.1) is 0 Å². The Hall–Kier alpha value is -1.88. The second-order valence-electron chi connectivity index (χ2n) is 7.24. The number of hydrogen-bond acceptors (Lipinski definition) is 3. The van der Waals surface area contributed by atoms with E-state index in [1.54, 1.807) is 0 Å². The van der Waals surface area contributed by atoms with E-state index in [1.807, 2.05) is 30.3 Å². The van der Waals surface area contributed by atoms with Gasteiger partial charge < -0.3 is 15.5 Å². The molecule has 5 nitrogen and oxygen atoms in total. The van der Waals surface area contributed by atoms with Gasteiger partial charge in [-0.25, -0.2) is 0 Å². The van der Waals surface area contributed by atoms with Crippen LogP contribution in [0, 0.1) is 0 Å². The van der Waals surface area contributed by atoms with Crippen LogP contribution >= 0.6 is 0 Å². The summed E-state index contributed by atoms with van der Waals surface area (Å²) in [5, 5.41) is 5.75. The third-order valence-corrected chi connectivity index (χ3v) is 5.09. The Labute approximate surface area is 157 Å². The zero-order valence-corrected chi connectivity index (χ0v) is 16.0. The summed E-state index contributed by atoms with van der Waals surface area (Å²) in [4.78, 5) is 26.1. The summed E-state index contributed by atoms with van der Waals surface area (Å²) < 4.78 is 0. The molecular formula is C21H33N3O2. The zero-order valence-electron chi connectivity index (χ0n) is 16.0. The van der Waals surface area contributed by atoms with Crippen molar-refractivity contribution in [3.05, 3.63) is 35.9 Å². The largest absolute Gasteiger partial charge is 0.356 e. The van der Waals surface area contributed by atoms with Crippen LogP contribution in [0.15, 0.2) is 30.3 Å². The topological polar surface area (TPSA) is 61.4 Å². The fourth-order valence-corrected chi connectivity index (χ4v) is 3.51. The first kappa shape index (κ1) is 20.4. The number of amides is 2. The van der Waals surface area contributed by atoms with Crippen molar-refractivity contribution >= 4 is 11.8 Å². The third-order valence-electron chi connectivity index (χ3n) is 5.09. The SMILES string of the molecule is CN(CCCNC(=O)CCNC(=O)Cc1ccccc1)C1CCCCC1. The first-order valence-corrected chi connectivity index (χ1v) is 9.92. The molecule has 2 N–H and O–H groups in total. The normalized spacial score (nSPS) is 15.0. The Bertz CT molecular complexity index is 541. The summed E-state index contributed by atoms with van der Waals surface area (Å²) in [5.41, 5.74) is 0.983. The molecule has 2 amide bonds. The maximum absolute atomic E-state index is 11.9. The van der Waals surface area contributed by atoms with Crippen molar-refractivity contribution in [2.45, 2.75) is 57.4 Å². The van der Waals surface area contributed by atoms with E-state index in [0.717, 1.165) is 24.6 Å². The lowest BCUT2D eigenvalue weighted by Gasteiger charge is -2.31. The highest BCUT2D eigenvalue weighted by molar-refractivity contribution is 5.80. The van der Waals surface area contributed by atoms with Gasteiger partial charge in [-0.05, 0) is 38.4 Å². The van der Waals surface area contributed by atoms with E-state index in [4.69, 9.17) is 0 Å². The van der Waals surface area contributed by atoms with Crippen LogP contribution in [0.3, 0.4) is 0 Å². The van der Waals surface area contributed by atoms with E-state index in [-0.39, 0.29) is 11.8 Å². The molecule has 0 spiro atoms. The van der Waals surface area contributed by atoms with Crippen LogP contribution in [0.5, 0.6) is 0 Å².